The maximum absolute atomic E-state index is 14.4. The van der Waals surface area contributed by atoms with Crippen LogP contribution >= 0.6 is 0 Å². The molecular weight excluding hydrogens is 576 g/mol. The van der Waals surface area contributed by atoms with Crippen LogP contribution < -0.4 is 5.56 Å². The highest BCUT2D eigenvalue weighted by Gasteiger charge is 2.34. The molecule has 0 aliphatic heterocycles. The lowest BCUT2D eigenvalue weighted by molar-refractivity contribution is -0.140. The van der Waals surface area contributed by atoms with Gasteiger partial charge in [0, 0.05) is 26.0 Å². The molecule has 44 heavy (non-hydrogen) atoms. The molecule has 1 atom stereocenters. The van der Waals surface area contributed by atoms with E-state index >= 15 is 0 Å². The van der Waals surface area contributed by atoms with Crippen LogP contribution in [0.5, 0.6) is 0 Å². The van der Waals surface area contributed by atoms with Crippen LogP contribution in [-0.4, -0.2) is 32.5 Å². The molecule has 11 heteroatoms. The molecule has 5 aromatic rings. The molecule has 0 aliphatic carbocycles. The van der Waals surface area contributed by atoms with E-state index in [0.29, 0.717) is 34.8 Å². The van der Waals surface area contributed by atoms with E-state index in [4.69, 9.17) is 9.72 Å². The van der Waals surface area contributed by atoms with Crippen LogP contribution in [0.4, 0.5) is 17.6 Å². The van der Waals surface area contributed by atoms with Gasteiger partial charge in [-0.15, -0.1) is 0 Å². The Kier molecular flexibility index (Phi) is 8.86. The van der Waals surface area contributed by atoms with Crippen LogP contribution in [0.3, 0.4) is 0 Å². The van der Waals surface area contributed by atoms with Gasteiger partial charge in [0.25, 0.3) is 5.56 Å². The van der Waals surface area contributed by atoms with E-state index in [-0.39, 0.29) is 29.9 Å². The smallest absolute Gasteiger partial charge is 0.380 e. The van der Waals surface area contributed by atoms with Gasteiger partial charge in [0.05, 0.1) is 41.2 Å². The van der Waals surface area contributed by atoms with E-state index in [2.05, 4.69) is 4.98 Å². The first-order valence-electron chi connectivity index (χ1n) is 13.7. The molecule has 2 heterocycles. The zero-order valence-corrected chi connectivity index (χ0v) is 23.9. The predicted octanol–water partition coefficient (Wildman–Crippen LogP) is 6.42. The topological polar surface area (TPSA) is 77.3 Å². The van der Waals surface area contributed by atoms with Gasteiger partial charge in [0.15, 0.2) is 0 Å². The molecule has 1 amide bonds. The normalized spacial score (nSPS) is 12.3. The van der Waals surface area contributed by atoms with E-state index in [9.17, 15) is 27.2 Å². The molecule has 7 nitrogen and oxygen atoms in total. The lowest BCUT2D eigenvalue weighted by Gasteiger charge is -2.31. The minimum atomic E-state index is -4.86. The molecule has 226 valence electrons. The second kappa shape index (κ2) is 12.8. The van der Waals surface area contributed by atoms with Crippen molar-refractivity contribution in [3.63, 3.8) is 0 Å². The average Bonchev–Trinajstić information content (AvgIpc) is 3.00. The van der Waals surface area contributed by atoms with Crippen molar-refractivity contribution in [2.24, 2.45) is 0 Å². The zero-order chi connectivity index (χ0) is 31.4. The summed E-state index contributed by atoms with van der Waals surface area (Å²) in [6.07, 6.45) is -2.08. The van der Waals surface area contributed by atoms with Crippen LogP contribution in [0.25, 0.3) is 16.6 Å². The Morgan fingerprint density at radius 3 is 2.36 bits per heavy atom. The predicted molar refractivity (Wildman–Crippen MR) is 156 cm³/mol. The maximum Gasteiger partial charge on any atom is 0.419 e. The zero-order valence-electron chi connectivity index (χ0n) is 23.9. The second-order valence-electron chi connectivity index (χ2n) is 10.3. The summed E-state index contributed by atoms with van der Waals surface area (Å²) < 4.78 is 60.4. The summed E-state index contributed by atoms with van der Waals surface area (Å²) >= 11 is 0. The Morgan fingerprint density at radius 1 is 0.977 bits per heavy atom. The summed E-state index contributed by atoms with van der Waals surface area (Å²) in [5.74, 6) is -1.70. The highest BCUT2D eigenvalue weighted by molar-refractivity contribution is 5.80. The lowest BCUT2D eigenvalue weighted by Crippen LogP contribution is -2.38. The first kappa shape index (κ1) is 30.6. The Bertz CT molecular complexity index is 1840. The van der Waals surface area contributed by atoms with E-state index in [0.717, 1.165) is 17.7 Å². The van der Waals surface area contributed by atoms with Gasteiger partial charge < -0.3 is 9.64 Å². The number of aromatic nitrogens is 3. The summed E-state index contributed by atoms with van der Waals surface area (Å²) in [5, 5.41) is 0.384. The maximum atomic E-state index is 14.4. The Hall–Kier alpha value is -4.90. The van der Waals surface area contributed by atoms with E-state index in [1.807, 2.05) is 12.1 Å². The molecule has 0 spiro atoms. The molecule has 0 fully saturated rings. The van der Waals surface area contributed by atoms with Gasteiger partial charge in [-0.2, -0.15) is 13.2 Å². The standard InChI is InChI=1S/C33H28F4N4O3/c1-21(31-39-29-8-4-3-7-26(29)32(43)41(31)25-12-9-22(10-13-25)20-44-2)40(19-24-6-5-15-38-18-24)30(42)17-23-11-14-27(28(34)16-23)33(35,36)37/h3-16,18,21H,17,19-20H2,1-2H3/t21-/m1/s1. The summed E-state index contributed by atoms with van der Waals surface area (Å²) in [6.45, 7) is 2.15. The summed E-state index contributed by atoms with van der Waals surface area (Å²) in [4.78, 5) is 38.2. The minimum Gasteiger partial charge on any atom is -0.380 e. The van der Waals surface area contributed by atoms with Gasteiger partial charge in [-0.25, -0.2) is 9.37 Å². The first-order valence-corrected chi connectivity index (χ1v) is 13.7. The Morgan fingerprint density at radius 2 is 1.70 bits per heavy atom. The van der Waals surface area contributed by atoms with Crippen molar-refractivity contribution in [2.75, 3.05) is 7.11 Å². The number of carbonyl (C=O) groups excluding carboxylic acids is 1. The molecule has 3 aromatic carbocycles. The van der Waals surface area contributed by atoms with Gasteiger partial charge in [-0.05, 0) is 66.1 Å². The fourth-order valence-electron chi connectivity index (χ4n) is 5.03. The number of rotatable bonds is 9. The number of para-hydroxylation sites is 1. The number of alkyl halides is 3. The minimum absolute atomic E-state index is 0.0480. The number of hydrogen-bond acceptors (Lipinski definition) is 5. The average molecular weight is 605 g/mol. The highest BCUT2D eigenvalue weighted by atomic mass is 19.4. The molecule has 0 saturated carbocycles. The molecule has 0 bridgehead atoms. The fourth-order valence-corrected chi connectivity index (χ4v) is 5.03. The van der Waals surface area contributed by atoms with E-state index in [1.54, 1.807) is 75.0 Å². The lowest BCUT2D eigenvalue weighted by atomic mass is 10.1. The number of halogens is 4. The molecular formula is C33H28F4N4O3. The summed E-state index contributed by atoms with van der Waals surface area (Å²) in [5.41, 5.74) is 0.848. The van der Waals surface area contributed by atoms with Crippen LogP contribution in [0.15, 0.2) is 96.1 Å². The molecule has 2 aromatic heterocycles. The van der Waals surface area contributed by atoms with E-state index < -0.39 is 29.5 Å². The summed E-state index contributed by atoms with van der Waals surface area (Å²) in [6, 6.07) is 19.2. The van der Waals surface area contributed by atoms with Crippen LogP contribution in [0, 0.1) is 5.82 Å². The molecule has 0 aliphatic rings. The number of pyridine rings is 1. The van der Waals surface area contributed by atoms with Gasteiger partial charge >= 0.3 is 6.18 Å². The Balaban J connectivity index is 1.60. The number of amides is 1. The number of hydrogen-bond donors (Lipinski definition) is 0. The van der Waals surface area contributed by atoms with Crippen LogP contribution in [0.1, 0.15) is 41.0 Å². The fraction of sp³-hybridized carbons (Fsp3) is 0.212. The molecule has 0 N–H and O–H groups in total. The van der Waals surface area contributed by atoms with E-state index in [1.165, 1.54) is 9.47 Å². The second-order valence-corrected chi connectivity index (χ2v) is 10.3. The van der Waals surface area contributed by atoms with Crippen molar-refractivity contribution >= 4 is 16.8 Å². The first-order chi connectivity index (χ1) is 21.1. The van der Waals surface area contributed by atoms with Crippen LogP contribution in [-0.2, 0) is 35.3 Å². The quantitative estimate of drug-likeness (QED) is 0.182. The van der Waals surface area contributed by atoms with Gasteiger partial charge in [0.1, 0.15) is 11.6 Å². The van der Waals surface area contributed by atoms with Gasteiger partial charge in [-0.1, -0.05) is 36.4 Å². The van der Waals surface area contributed by atoms with Gasteiger partial charge in [0.2, 0.25) is 5.91 Å². The number of methoxy groups -OCH3 is 1. The van der Waals surface area contributed by atoms with Crippen LogP contribution in [0.2, 0.25) is 0 Å². The van der Waals surface area contributed by atoms with Crippen molar-refractivity contribution in [3.8, 4) is 5.69 Å². The third-order valence-corrected chi connectivity index (χ3v) is 7.24. The van der Waals surface area contributed by atoms with Crippen molar-refractivity contribution in [3.05, 3.63) is 136 Å². The largest absolute Gasteiger partial charge is 0.419 e. The molecule has 5 rings (SSSR count). The van der Waals surface area contributed by atoms with Crippen molar-refractivity contribution < 1.29 is 27.1 Å². The van der Waals surface area contributed by atoms with Gasteiger partial charge in [-0.3, -0.25) is 19.1 Å². The number of benzene rings is 3. The third kappa shape index (κ3) is 6.52. The highest BCUT2D eigenvalue weighted by Crippen LogP contribution is 2.32. The van der Waals surface area contributed by atoms with Crippen molar-refractivity contribution in [2.45, 2.75) is 38.7 Å². The third-order valence-electron chi connectivity index (χ3n) is 7.24. The summed E-state index contributed by atoms with van der Waals surface area (Å²) in [7, 11) is 1.58. The van der Waals surface area contributed by atoms with Crippen molar-refractivity contribution in [1.82, 2.24) is 19.4 Å². The van der Waals surface area contributed by atoms with Crippen molar-refractivity contribution in [1.29, 1.82) is 0 Å². The molecule has 0 saturated heterocycles. The molecule has 0 radical (unpaired) electrons. The molecule has 0 unspecified atom stereocenters. The monoisotopic (exact) mass is 604 g/mol. The number of carbonyl (C=O) groups is 1. The Labute approximate surface area is 250 Å². The SMILES string of the molecule is COCc1ccc(-n2c([C@@H](C)N(Cc3cccnc3)C(=O)Cc3ccc(C(F)(F)F)c(F)c3)nc3ccccc3c2=O)cc1. The number of fused-ring (bicyclic) bond motifs is 1. The number of ether oxygens (including phenoxy) is 1. The number of nitrogens with zero attached hydrogens (tertiary/aromatic N) is 4.